The lowest BCUT2D eigenvalue weighted by Gasteiger charge is -1.91. The molecule has 0 aliphatic carbocycles. The van der Waals surface area contributed by atoms with Crippen LogP contribution in [0.4, 0.5) is 4.39 Å². The molecule has 0 heterocycles. The van der Waals surface area contributed by atoms with E-state index in [2.05, 4.69) is 13.2 Å². The number of hydrogen-bond acceptors (Lipinski definition) is 1. The lowest BCUT2D eigenvalue weighted by Crippen LogP contribution is -1.67. The van der Waals surface area contributed by atoms with Crippen molar-refractivity contribution in [3.8, 4) is 0 Å². The van der Waals surface area contributed by atoms with E-state index in [-0.39, 0.29) is 0 Å². The summed E-state index contributed by atoms with van der Waals surface area (Å²) in [5.74, 6) is -0.431. The molecule has 0 aromatic heterocycles. The molecule has 0 radical (unpaired) electrons. The molecule has 0 rings (SSSR count). The largest absolute Gasteiger partial charge is 0.208 e. The Kier molecular flexibility index (Phi) is 4.14. The number of thioether (sulfide) groups is 1. The first-order valence-corrected chi connectivity index (χ1v) is 3.65. The summed E-state index contributed by atoms with van der Waals surface area (Å²) in [4.78, 5) is 0.794. The molecule has 0 aromatic carbocycles. The first-order valence-electron chi connectivity index (χ1n) is 2.43. The Morgan fingerprint density at radius 2 is 2.22 bits per heavy atom. The Bertz CT molecular complexity index is 147. The van der Waals surface area contributed by atoms with Crippen molar-refractivity contribution in [2.45, 2.75) is 0 Å². The smallest absolute Gasteiger partial charge is 0.117 e. The van der Waals surface area contributed by atoms with Crippen molar-refractivity contribution < 1.29 is 4.39 Å². The fraction of sp³-hybridized carbons (Fsp3) is 0.143. The second-order valence-electron chi connectivity index (χ2n) is 1.40. The molecule has 0 amide bonds. The van der Waals surface area contributed by atoms with Crippen LogP contribution in [0.15, 0.2) is 36.0 Å². The van der Waals surface area contributed by atoms with E-state index in [1.807, 2.05) is 6.26 Å². The Morgan fingerprint density at radius 1 is 1.67 bits per heavy atom. The molecule has 0 aromatic rings. The summed E-state index contributed by atoms with van der Waals surface area (Å²) in [6.45, 7) is 6.57. The molecule has 0 aliphatic heterocycles. The van der Waals surface area contributed by atoms with Crippen molar-refractivity contribution in [3.05, 3.63) is 36.0 Å². The first-order chi connectivity index (χ1) is 4.20. The lowest BCUT2D eigenvalue weighted by atomic mass is 10.4. The van der Waals surface area contributed by atoms with Gasteiger partial charge in [-0.05, 0) is 12.3 Å². The monoisotopic (exact) mass is 144 g/mol. The first kappa shape index (κ1) is 8.50. The molecule has 0 atom stereocenters. The Balaban J connectivity index is 4.07. The highest BCUT2D eigenvalue weighted by molar-refractivity contribution is 8.02. The molecule has 0 fully saturated rings. The number of halogens is 1. The van der Waals surface area contributed by atoms with Gasteiger partial charge in [-0.1, -0.05) is 19.2 Å². The summed E-state index contributed by atoms with van der Waals surface area (Å²) in [6, 6.07) is 0. The summed E-state index contributed by atoms with van der Waals surface area (Å²) in [7, 11) is 0. The second kappa shape index (κ2) is 4.39. The molecule has 0 N–H and O–H groups in total. The van der Waals surface area contributed by atoms with Gasteiger partial charge in [0, 0.05) is 4.91 Å². The molecule has 50 valence electrons. The zero-order valence-electron chi connectivity index (χ0n) is 5.36. The maximum Gasteiger partial charge on any atom is 0.117 e. The number of rotatable bonds is 3. The van der Waals surface area contributed by atoms with Gasteiger partial charge >= 0.3 is 0 Å². The van der Waals surface area contributed by atoms with Crippen LogP contribution in [-0.4, -0.2) is 6.26 Å². The van der Waals surface area contributed by atoms with E-state index in [1.54, 1.807) is 6.08 Å². The molecule has 2 heteroatoms. The predicted molar refractivity (Wildman–Crippen MR) is 42.0 cm³/mol. The van der Waals surface area contributed by atoms with Gasteiger partial charge in [-0.15, -0.1) is 11.8 Å². The summed E-state index contributed by atoms with van der Waals surface area (Å²) in [6.07, 6.45) is 4.80. The third kappa shape index (κ3) is 4.03. The van der Waals surface area contributed by atoms with Crippen molar-refractivity contribution in [1.82, 2.24) is 0 Å². The third-order valence-electron chi connectivity index (χ3n) is 0.736. The minimum Gasteiger partial charge on any atom is -0.208 e. The van der Waals surface area contributed by atoms with Crippen LogP contribution in [0.2, 0.25) is 0 Å². The molecule has 0 bridgehead atoms. The highest BCUT2D eigenvalue weighted by Crippen LogP contribution is 2.14. The molecule has 0 aliphatic rings. The van der Waals surface area contributed by atoms with Gasteiger partial charge in [-0.2, -0.15) is 0 Å². The number of allylic oxidation sites excluding steroid dienone is 3. The van der Waals surface area contributed by atoms with Gasteiger partial charge in [0.25, 0.3) is 0 Å². The van der Waals surface area contributed by atoms with E-state index in [0.29, 0.717) is 0 Å². The Morgan fingerprint density at radius 3 is 2.33 bits per heavy atom. The zero-order valence-corrected chi connectivity index (χ0v) is 6.17. The third-order valence-corrected chi connectivity index (χ3v) is 1.49. The predicted octanol–water partition coefficient (Wildman–Crippen LogP) is 2.90. The molecular weight excluding hydrogens is 135 g/mol. The molecule has 0 unspecified atom stereocenters. The van der Waals surface area contributed by atoms with Crippen LogP contribution in [0, 0.1) is 0 Å². The lowest BCUT2D eigenvalue weighted by molar-refractivity contribution is 0.671. The van der Waals surface area contributed by atoms with Gasteiger partial charge in [-0.25, -0.2) is 4.39 Å². The van der Waals surface area contributed by atoms with Crippen LogP contribution in [-0.2, 0) is 0 Å². The molecule has 9 heavy (non-hydrogen) atoms. The van der Waals surface area contributed by atoms with Gasteiger partial charge in [0.15, 0.2) is 0 Å². The molecular formula is C7H9FS. The van der Waals surface area contributed by atoms with Gasteiger partial charge < -0.3 is 0 Å². The van der Waals surface area contributed by atoms with E-state index in [0.717, 1.165) is 4.91 Å². The normalized spacial score (nSPS) is 11.1. The Hall–Kier alpha value is -0.500. The van der Waals surface area contributed by atoms with Crippen LogP contribution in [0.25, 0.3) is 0 Å². The van der Waals surface area contributed by atoms with E-state index >= 15 is 0 Å². The second-order valence-corrected chi connectivity index (χ2v) is 2.28. The minimum absolute atomic E-state index is 0.431. The molecule has 0 saturated heterocycles. The average molecular weight is 144 g/mol. The fourth-order valence-electron chi connectivity index (χ4n) is 0.356. The summed E-state index contributed by atoms with van der Waals surface area (Å²) < 4.78 is 12.0. The van der Waals surface area contributed by atoms with Crippen molar-refractivity contribution in [2.75, 3.05) is 6.26 Å². The van der Waals surface area contributed by atoms with Crippen LogP contribution in [0.5, 0.6) is 0 Å². The summed E-state index contributed by atoms with van der Waals surface area (Å²) in [5, 5.41) is 0. The van der Waals surface area contributed by atoms with E-state index in [4.69, 9.17) is 0 Å². The molecule has 0 saturated carbocycles. The summed E-state index contributed by atoms with van der Waals surface area (Å²) >= 11 is 1.44. The number of hydrogen-bond donors (Lipinski definition) is 0. The van der Waals surface area contributed by atoms with Crippen molar-refractivity contribution in [1.29, 1.82) is 0 Å². The van der Waals surface area contributed by atoms with Crippen molar-refractivity contribution in [2.24, 2.45) is 0 Å². The van der Waals surface area contributed by atoms with Crippen LogP contribution >= 0.6 is 11.8 Å². The topological polar surface area (TPSA) is 0 Å². The SMILES string of the molecule is C=C/C(=C\C(=C)F)SC. The van der Waals surface area contributed by atoms with Gasteiger partial charge in [0.2, 0.25) is 0 Å². The Labute approximate surface area is 59.1 Å². The maximum absolute atomic E-state index is 12.0. The van der Waals surface area contributed by atoms with Crippen molar-refractivity contribution >= 4 is 11.8 Å². The van der Waals surface area contributed by atoms with Gasteiger partial charge in [-0.3, -0.25) is 0 Å². The quantitative estimate of drug-likeness (QED) is 0.549. The summed E-state index contributed by atoms with van der Waals surface area (Å²) in [5.41, 5.74) is 0. The maximum atomic E-state index is 12.0. The highest BCUT2D eigenvalue weighted by Gasteiger charge is 1.87. The molecule has 0 spiro atoms. The zero-order chi connectivity index (χ0) is 7.28. The van der Waals surface area contributed by atoms with Gasteiger partial charge in [0.05, 0.1) is 0 Å². The van der Waals surface area contributed by atoms with E-state index in [1.165, 1.54) is 17.8 Å². The van der Waals surface area contributed by atoms with Crippen molar-refractivity contribution in [3.63, 3.8) is 0 Å². The van der Waals surface area contributed by atoms with Crippen LogP contribution < -0.4 is 0 Å². The average Bonchev–Trinajstić information content (AvgIpc) is 1.82. The minimum atomic E-state index is -0.431. The van der Waals surface area contributed by atoms with Crippen LogP contribution in [0.1, 0.15) is 0 Å². The standard InChI is InChI=1S/C7H9FS/c1-4-7(9-3)5-6(2)8/h4-5H,1-2H2,3H3/b7-5+. The van der Waals surface area contributed by atoms with Gasteiger partial charge in [0.1, 0.15) is 5.83 Å². The molecule has 0 nitrogen and oxygen atoms in total. The van der Waals surface area contributed by atoms with E-state index < -0.39 is 5.83 Å². The van der Waals surface area contributed by atoms with E-state index in [9.17, 15) is 4.39 Å². The van der Waals surface area contributed by atoms with Crippen LogP contribution in [0.3, 0.4) is 0 Å². The fourth-order valence-corrected chi connectivity index (χ4v) is 0.768. The highest BCUT2D eigenvalue weighted by atomic mass is 32.2.